The van der Waals surface area contributed by atoms with Crippen molar-refractivity contribution in [2.45, 2.75) is 37.4 Å². The lowest BCUT2D eigenvalue weighted by atomic mass is 10.2. The van der Waals surface area contributed by atoms with Gasteiger partial charge in [-0.1, -0.05) is 36.4 Å². The smallest absolute Gasteiger partial charge is 0.410 e. The van der Waals surface area contributed by atoms with E-state index in [1.165, 1.54) is 4.90 Å². The summed E-state index contributed by atoms with van der Waals surface area (Å²) in [6, 6.07) is 14.8. The van der Waals surface area contributed by atoms with E-state index in [1.54, 1.807) is 22.5 Å². The highest BCUT2D eigenvalue weighted by Gasteiger charge is 2.30. The summed E-state index contributed by atoms with van der Waals surface area (Å²) in [7, 11) is 0. The van der Waals surface area contributed by atoms with Gasteiger partial charge in [0.2, 0.25) is 11.9 Å². The first-order chi connectivity index (χ1) is 20.4. The second-order valence-electron chi connectivity index (χ2n) is 10.2. The van der Waals surface area contributed by atoms with E-state index >= 15 is 0 Å². The van der Waals surface area contributed by atoms with Crippen molar-refractivity contribution in [1.82, 2.24) is 39.6 Å². The quantitative estimate of drug-likeness (QED) is 0.272. The Hall–Kier alpha value is -4.65. The maximum Gasteiger partial charge on any atom is 0.410 e. The van der Waals surface area contributed by atoms with E-state index in [2.05, 4.69) is 29.6 Å². The number of amides is 2. The maximum atomic E-state index is 13.1. The molecule has 4 heterocycles. The van der Waals surface area contributed by atoms with Gasteiger partial charge in [0, 0.05) is 35.6 Å². The van der Waals surface area contributed by atoms with Crippen molar-refractivity contribution in [3.05, 3.63) is 66.5 Å². The predicted molar refractivity (Wildman–Crippen MR) is 160 cm³/mol. The van der Waals surface area contributed by atoms with Crippen LogP contribution in [0.5, 0.6) is 0 Å². The second kappa shape index (κ2) is 11.7. The molecule has 0 unspecified atom stereocenters. The number of carbonyl (C=O) groups excluding carboxylic acids is 2. The monoisotopic (exact) mass is 585 g/mol. The highest BCUT2D eigenvalue weighted by atomic mass is 32.2. The van der Waals surface area contributed by atoms with Crippen molar-refractivity contribution in [1.29, 1.82) is 0 Å². The van der Waals surface area contributed by atoms with Gasteiger partial charge < -0.3 is 20.3 Å². The van der Waals surface area contributed by atoms with Crippen LogP contribution < -0.4 is 10.6 Å². The average Bonchev–Trinajstić information content (AvgIpc) is 3.64. The molecule has 1 aliphatic rings. The number of nitrogens with zero attached hydrogens (tertiary/aromatic N) is 7. The van der Waals surface area contributed by atoms with E-state index in [1.807, 2.05) is 65.7 Å². The zero-order valence-corrected chi connectivity index (χ0v) is 24.3. The Morgan fingerprint density at radius 3 is 2.76 bits per heavy atom. The number of carbonyl (C=O) groups is 2. The maximum absolute atomic E-state index is 13.1. The molecular formula is C29H31N9O3S. The largest absolute Gasteiger partial charge is 0.445 e. The Kier molecular flexibility index (Phi) is 7.66. The fraction of sp³-hybridized carbons (Fsp3) is 0.310. The number of thioether (sulfide) groups is 1. The lowest BCUT2D eigenvalue weighted by Crippen LogP contribution is -2.44. The third-order valence-corrected chi connectivity index (χ3v) is 7.81. The van der Waals surface area contributed by atoms with E-state index in [0.29, 0.717) is 30.5 Å². The van der Waals surface area contributed by atoms with Gasteiger partial charge in [-0.15, -0.1) is 16.9 Å². The molecule has 0 aliphatic carbocycles. The highest BCUT2D eigenvalue weighted by molar-refractivity contribution is 7.98. The standard InChI is InChI=1S/C29H31N9O3S/c1-18(2)37-15-20(14-31-37)25-34-26-21-10-7-11-23(42-3)24(21)33-28(38(26)35-25)32-22-16-36(13-12-30-27(22)39)29(40)41-17-19-8-5-4-6-9-19/h4-11,14-15,18,22H,12-13,16-17H2,1-3H3,(H,30,39)(H,32,33)/t22-/m1/s1. The molecule has 42 heavy (non-hydrogen) atoms. The number of aromatic nitrogens is 6. The number of para-hydroxylation sites is 1. The molecule has 0 bridgehead atoms. The lowest BCUT2D eigenvalue weighted by molar-refractivity contribution is -0.121. The van der Waals surface area contributed by atoms with Crippen LogP contribution in [0.4, 0.5) is 10.7 Å². The van der Waals surface area contributed by atoms with Gasteiger partial charge in [-0.25, -0.2) is 14.8 Å². The highest BCUT2D eigenvalue weighted by Crippen LogP contribution is 2.30. The van der Waals surface area contributed by atoms with Gasteiger partial charge in [0.25, 0.3) is 0 Å². The first kappa shape index (κ1) is 27.5. The summed E-state index contributed by atoms with van der Waals surface area (Å²) in [5, 5.41) is 16.2. The molecule has 0 radical (unpaired) electrons. The number of benzene rings is 2. The van der Waals surface area contributed by atoms with Gasteiger partial charge in [0.1, 0.15) is 12.6 Å². The third-order valence-electron chi connectivity index (χ3n) is 7.04. The number of ether oxygens (including phenoxy) is 1. The predicted octanol–water partition coefficient (Wildman–Crippen LogP) is 3.99. The molecule has 2 amide bonds. The topological polar surface area (TPSA) is 132 Å². The molecule has 1 saturated heterocycles. The van der Waals surface area contributed by atoms with Crippen molar-refractivity contribution >= 4 is 46.3 Å². The van der Waals surface area contributed by atoms with E-state index in [-0.39, 0.29) is 25.1 Å². The van der Waals surface area contributed by atoms with E-state index < -0.39 is 12.1 Å². The average molecular weight is 586 g/mol. The second-order valence-corrected chi connectivity index (χ2v) is 11.1. The molecule has 2 N–H and O–H groups in total. The van der Waals surface area contributed by atoms with E-state index in [0.717, 1.165) is 26.9 Å². The molecule has 5 aromatic rings. The van der Waals surface area contributed by atoms with Crippen LogP contribution in [0, 0.1) is 0 Å². The zero-order valence-electron chi connectivity index (χ0n) is 23.5. The van der Waals surface area contributed by atoms with Crippen LogP contribution in [0.2, 0.25) is 0 Å². The van der Waals surface area contributed by atoms with Crippen LogP contribution in [-0.2, 0) is 16.1 Å². The van der Waals surface area contributed by atoms with Crippen LogP contribution in [0.3, 0.4) is 0 Å². The lowest BCUT2D eigenvalue weighted by Gasteiger charge is -2.23. The van der Waals surface area contributed by atoms with Crippen molar-refractivity contribution in [3.63, 3.8) is 0 Å². The minimum Gasteiger partial charge on any atom is -0.445 e. The van der Waals surface area contributed by atoms with Gasteiger partial charge in [0.05, 0.1) is 23.8 Å². The van der Waals surface area contributed by atoms with Crippen molar-refractivity contribution < 1.29 is 14.3 Å². The zero-order chi connectivity index (χ0) is 29.2. The molecule has 1 aliphatic heterocycles. The normalized spacial score (nSPS) is 15.7. The minimum absolute atomic E-state index is 0.0908. The van der Waals surface area contributed by atoms with Gasteiger partial charge in [-0.05, 0) is 37.8 Å². The molecule has 6 rings (SSSR count). The Morgan fingerprint density at radius 2 is 2.00 bits per heavy atom. The van der Waals surface area contributed by atoms with Gasteiger partial charge in [-0.3, -0.25) is 9.48 Å². The first-order valence-electron chi connectivity index (χ1n) is 13.7. The van der Waals surface area contributed by atoms with E-state index in [9.17, 15) is 9.59 Å². The summed E-state index contributed by atoms with van der Waals surface area (Å²) in [6.07, 6.45) is 5.14. The summed E-state index contributed by atoms with van der Waals surface area (Å²) in [5.41, 5.74) is 2.99. The fourth-order valence-corrected chi connectivity index (χ4v) is 5.36. The van der Waals surface area contributed by atoms with Crippen molar-refractivity contribution in [2.75, 3.05) is 31.2 Å². The van der Waals surface area contributed by atoms with Crippen molar-refractivity contribution in [2.24, 2.45) is 0 Å². The third kappa shape index (κ3) is 5.47. The van der Waals surface area contributed by atoms with Gasteiger partial charge >= 0.3 is 6.09 Å². The number of anilines is 1. The van der Waals surface area contributed by atoms with E-state index in [4.69, 9.17) is 19.8 Å². The molecule has 1 fully saturated rings. The molecule has 0 saturated carbocycles. The summed E-state index contributed by atoms with van der Waals surface area (Å²) >= 11 is 1.57. The number of hydrogen-bond donors (Lipinski definition) is 2. The summed E-state index contributed by atoms with van der Waals surface area (Å²) in [5.74, 6) is 0.582. The van der Waals surface area contributed by atoms with Crippen LogP contribution >= 0.6 is 11.8 Å². The summed E-state index contributed by atoms with van der Waals surface area (Å²) < 4.78 is 9.02. The fourth-order valence-electron chi connectivity index (χ4n) is 4.80. The van der Waals surface area contributed by atoms with Crippen LogP contribution in [0.25, 0.3) is 27.9 Å². The molecule has 0 spiro atoms. The Bertz CT molecular complexity index is 1750. The molecule has 3 aromatic heterocycles. The SMILES string of the molecule is CSc1cccc2c1nc(N[C@@H]1CN(C(=O)OCc3ccccc3)CCNC1=O)n1nc(-c3cnn(C(C)C)c3)nc21. The number of hydrogen-bond acceptors (Lipinski definition) is 9. The Morgan fingerprint density at radius 1 is 1.17 bits per heavy atom. The molecule has 1 atom stereocenters. The molecule has 216 valence electrons. The van der Waals surface area contributed by atoms with Gasteiger partial charge in [-0.2, -0.15) is 9.61 Å². The minimum atomic E-state index is -0.803. The number of nitrogens with one attached hydrogen (secondary N) is 2. The Labute approximate surface area is 246 Å². The number of fused-ring (bicyclic) bond motifs is 3. The molecule has 12 nitrogen and oxygen atoms in total. The molecule has 2 aromatic carbocycles. The van der Waals surface area contributed by atoms with Gasteiger partial charge in [0.15, 0.2) is 11.5 Å². The van der Waals surface area contributed by atoms with Crippen LogP contribution in [0.15, 0.2) is 65.8 Å². The first-order valence-corrected chi connectivity index (χ1v) is 14.9. The van der Waals surface area contributed by atoms with Crippen LogP contribution in [0.1, 0.15) is 25.5 Å². The Balaban J connectivity index is 1.34. The molecular weight excluding hydrogens is 554 g/mol. The summed E-state index contributed by atoms with van der Waals surface area (Å²) in [4.78, 5) is 38.4. The summed E-state index contributed by atoms with van der Waals surface area (Å²) in [6.45, 7) is 4.97. The van der Waals surface area contributed by atoms with Crippen LogP contribution in [-0.4, -0.2) is 78.2 Å². The number of rotatable bonds is 7. The van der Waals surface area contributed by atoms with Crippen molar-refractivity contribution in [3.8, 4) is 11.4 Å². The molecule has 13 heteroatoms.